The van der Waals surface area contributed by atoms with E-state index in [0.29, 0.717) is 23.4 Å². The van der Waals surface area contributed by atoms with Crippen molar-refractivity contribution in [3.05, 3.63) is 10.8 Å². The predicted molar refractivity (Wildman–Crippen MR) is 75.8 cm³/mol. The zero-order valence-electron chi connectivity index (χ0n) is 10.9. The van der Waals surface area contributed by atoms with Gasteiger partial charge in [-0.25, -0.2) is 15.8 Å². The maximum absolute atomic E-state index is 9.33. The maximum atomic E-state index is 9.33. The van der Waals surface area contributed by atoms with E-state index in [1.165, 1.54) is 6.33 Å². The van der Waals surface area contributed by atoms with Crippen molar-refractivity contribution in [2.24, 2.45) is 5.84 Å². The molecule has 19 heavy (non-hydrogen) atoms. The zero-order valence-corrected chi connectivity index (χ0v) is 12.5. The molecule has 0 spiro atoms. The Hall–Kier alpha value is -0.960. The van der Waals surface area contributed by atoms with Crippen molar-refractivity contribution >= 4 is 27.6 Å². The summed E-state index contributed by atoms with van der Waals surface area (Å²) < 4.78 is 6.48. The number of rotatable bonds is 3. The highest BCUT2D eigenvalue weighted by Crippen LogP contribution is 2.32. The van der Waals surface area contributed by atoms with E-state index in [2.05, 4.69) is 36.2 Å². The second-order valence-electron chi connectivity index (χ2n) is 5.07. The number of morpholine rings is 1. The van der Waals surface area contributed by atoms with Crippen LogP contribution in [0, 0.1) is 0 Å². The number of nitrogen functional groups attached to an aromatic ring is 1. The second-order valence-corrected chi connectivity index (χ2v) is 5.86. The number of halogens is 1. The lowest BCUT2D eigenvalue weighted by atomic mass is 10.1. The molecular formula is C11H18BrN5O2. The lowest BCUT2D eigenvalue weighted by Crippen LogP contribution is -2.54. The number of aliphatic hydroxyl groups excluding tert-OH is 1. The van der Waals surface area contributed by atoms with Crippen LogP contribution in [0.25, 0.3) is 0 Å². The van der Waals surface area contributed by atoms with Gasteiger partial charge in [0.15, 0.2) is 5.82 Å². The molecule has 1 atom stereocenters. The summed E-state index contributed by atoms with van der Waals surface area (Å²) in [6.07, 6.45) is 1.21. The van der Waals surface area contributed by atoms with Crippen LogP contribution >= 0.6 is 15.9 Å². The third-order valence-corrected chi connectivity index (χ3v) is 3.62. The van der Waals surface area contributed by atoms with Gasteiger partial charge in [0.2, 0.25) is 0 Å². The fourth-order valence-electron chi connectivity index (χ4n) is 2.23. The Bertz CT molecular complexity index is 457. The number of anilines is 2. The van der Waals surface area contributed by atoms with Gasteiger partial charge in [-0.2, -0.15) is 0 Å². The van der Waals surface area contributed by atoms with Gasteiger partial charge in [0.1, 0.15) is 16.6 Å². The summed E-state index contributed by atoms with van der Waals surface area (Å²) in [5.74, 6) is 6.66. The molecule has 106 valence electrons. The first-order valence-corrected chi connectivity index (χ1v) is 6.77. The molecule has 0 bridgehead atoms. The molecule has 1 aromatic rings. The molecule has 0 amide bonds. The van der Waals surface area contributed by atoms with Gasteiger partial charge in [-0.15, -0.1) is 0 Å². The summed E-state index contributed by atoms with van der Waals surface area (Å²) in [4.78, 5) is 10.4. The molecule has 1 fully saturated rings. The third kappa shape index (κ3) is 3.14. The fraction of sp³-hybridized carbons (Fsp3) is 0.636. The fourth-order valence-corrected chi connectivity index (χ4v) is 2.80. The molecule has 0 saturated carbocycles. The molecule has 1 aromatic heterocycles. The monoisotopic (exact) mass is 331 g/mol. The van der Waals surface area contributed by atoms with Crippen molar-refractivity contribution in [1.82, 2.24) is 9.97 Å². The number of aromatic nitrogens is 2. The number of hydrogen-bond acceptors (Lipinski definition) is 7. The summed E-state index contributed by atoms with van der Waals surface area (Å²) in [5, 5.41) is 9.33. The highest BCUT2D eigenvalue weighted by atomic mass is 79.9. The average Bonchev–Trinajstić information content (AvgIpc) is 2.37. The van der Waals surface area contributed by atoms with Crippen molar-refractivity contribution in [3.63, 3.8) is 0 Å². The summed E-state index contributed by atoms with van der Waals surface area (Å²) in [6, 6.07) is 0. The predicted octanol–water partition coefficient (Wildman–Crippen LogP) is 0.501. The van der Waals surface area contributed by atoms with E-state index in [9.17, 15) is 5.11 Å². The highest BCUT2D eigenvalue weighted by molar-refractivity contribution is 9.10. The normalized spacial score (nSPS) is 22.4. The first-order valence-electron chi connectivity index (χ1n) is 5.97. The molecule has 2 heterocycles. The SMILES string of the molecule is CC1(C)CN(c2ncnc(NN)c2Br)CC(CO)O1. The number of hydrogen-bond donors (Lipinski definition) is 3. The summed E-state index contributed by atoms with van der Waals surface area (Å²) >= 11 is 3.44. The smallest absolute Gasteiger partial charge is 0.159 e. The van der Waals surface area contributed by atoms with Gasteiger partial charge in [-0.3, -0.25) is 0 Å². The van der Waals surface area contributed by atoms with Crippen LogP contribution in [-0.4, -0.2) is 46.5 Å². The molecule has 1 aliphatic rings. The van der Waals surface area contributed by atoms with E-state index in [-0.39, 0.29) is 18.3 Å². The molecule has 2 rings (SSSR count). The number of nitrogens with one attached hydrogen (secondary N) is 1. The Kier molecular flexibility index (Phi) is 4.24. The van der Waals surface area contributed by atoms with Crippen molar-refractivity contribution in [2.45, 2.75) is 25.6 Å². The molecule has 0 radical (unpaired) electrons. The lowest BCUT2D eigenvalue weighted by Gasteiger charge is -2.43. The van der Waals surface area contributed by atoms with Crippen molar-refractivity contribution in [1.29, 1.82) is 0 Å². The molecule has 4 N–H and O–H groups in total. The molecular weight excluding hydrogens is 314 g/mol. The molecule has 7 nitrogen and oxygen atoms in total. The Labute approximate surface area is 120 Å². The number of aliphatic hydroxyl groups is 1. The van der Waals surface area contributed by atoms with E-state index in [0.717, 1.165) is 5.82 Å². The number of ether oxygens (including phenoxy) is 1. The van der Waals surface area contributed by atoms with Crippen LogP contribution in [0.1, 0.15) is 13.8 Å². The van der Waals surface area contributed by atoms with Crippen molar-refractivity contribution < 1.29 is 9.84 Å². The van der Waals surface area contributed by atoms with Crippen molar-refractivity contribution in [2.75, 3.05) is 30.0 Å². The summed E-state index contributed by atoms with van der Waals surface area (Å²) in [7, 11) is 0. The zero-order chi connectivity index (χ0) is 14.0. The Morgan fingerprint density at radius 3 is 3.00 bits per heavy atom. The van der Waals surface area contributed by atoms with E-state index in [1.807, 2.05) is 13.8 Å². The van der Waals surface area contributed by atoms with Gasteiger partial charge in [0, 0.05) is 13.1 Å². The van der Waals surface area contributed by atoms with Gasteiger partial charge in [0.25, 0.3) is 0 Å². The minimum absolute atomic E-state index is 0.0232. The first kappa shape index (κ1) is 14.4. The standard InChI is InChI=1S/C11H18BrN5O2/c1-11(2)5-17(3-7(4-18)19-11)10-8(12)9(16-13)14-6-15-10/h6-7,18H,3-5,13H2,1-2H3,(H,14,15,16). The minimum Gasteiger partial charge on any atom is -0.394 e. The Morgan fingerprint density at radius 2 is 2.37 bits per heavy atom. The second kappa shape index (κ2) is 5.58. The summed E-state index contributed by atoms with van der Waals surface area (Å²) in [6.45, 7) is 5.19. The van der Waals surface area contributed by atoms with Gasteiger partial charge >= 0.3 is 0 Å². The van der Waals surface area contributed by atoms with Crippen LogP contribution < -0.4 is 16.2 Å². The number of hydrazine groups is 1. The Morgan fingerprint density at radius 1 is 1.63 bits per heavy atom. The summed E-state index contributed by atoms with van der Waals surface area (Å²) in [5.41, 5.74) is 2.16. The third-order valence-electron chi connectivity index (χ3n) is 2.89. The molecule has 8 heteroatoms. The molecule has 1 saturated heterocycles. The molecule has 0 aliphatic carbocycles. The quantitative estimate of drug-likeness (QED) is 0.548. The van der Waals surface area contributed by atoms with Gasteiger partial charge < -0.3 is 20.2 Å². The topological polar surface area (TPSA) is 96.5 Å². The lowest BCUT2D eigenvalue weighted by molar-refractivity contribution is -0.101. The van der Waals surface area contributed by atoms with Gasteiger partial charge in [-0.05, 0) is 29.8 Å². The molecule has 1 aliphatic heterocycles. The molecule has 1 unspecified atom stereocenters. The van der Waals surface area contributed by atoms with Crippen molar-refractivity contribution in [3.8, 4) is 0 Å². The van der Waals surface area contributed by atoms with E-state index in [1.54, 1.807) is 0 Å². The molecule has 0 aromatic carbocycles. The van der Waals surface area contributed by atoms with Crippen LogP contribution in [0.5, 0.6) is 0 Å². The Balaban J connectivity index is 2.30. The van der Waals surface area contributed by atoms with E-state index >= 15 is 0 Å². The van der Waals surface area contributed by atoms with Crippen LogP contribution in [0.15, 0.2) is 10.8 Å². The first-order chi connectivity index (χ1) is 8.96. The van der Waals surface area contributed by atoms with Crippen LogP contribution in [0.4, 0.5) is 11.6 Å². The highest BCUT2D eigenvalue weighted by Gasteiger charge is 2.34. The van der Waals surface area contributed by atoms with E-state index < -0.39 is 0 Å². The minimum atomic E-state index is -0.355. The largest absolute Gasteiger partial charge is 0.394 e. The van der Waals surface area contributed by atoms with Gasteiger partial charge in [-0.1, -0.05) is 0 Å². The number of nitrogens with two attached hydrogens (primary N) is 1. The van der Waals surface area contributed by atoms with Crippen LogP contribution in [0.2, 0.25) is 0 Å². The van der Waals surface area contributed by atoms with E-state index in [4.69, 9.17) is 10.6 Å². The maximum Gasteiger partial charge on any atom is 0.159 e. The average molecular weight is 332 g/mol. The number of nitrogens with zero attached hydrogens (tertiary/aromatic N) is 3. The van der Waals surface area contributed by atoms with Crippen LogP contribution in [-0.2, 0) is 4.74 Å². The van der Waals surface area contributed by atoms with Gasteiger partial charge in [0.05, 0.1) is 18.3 Å². The van der Waals surface area contributed by atoms with Crippen LogP contribution in [0.3, 0.4) is 0 Å².